The van der Waals surface area contributed by atoms with E-state index in [1.165, 1.54) is 108 Å². The van der Waals surface area contributed by atoms with Crippen LogP contribution >= 0.6 is 0 Å². The zero-order valence-corrected chi connectivity index (χ0v) is 27.9. The molecule has 0 saturated heterocycles. The molecule has 233 valence electrons. The van der Waals surface area contributed by atoms with Crippen molar-refractivity contribution in [1.82, 2.24) is 0 Å². The minimum absolute atomic E-state index is 0. The van der Waals surface area contributed by atoms with E-state index in [2.05, 4.69) is 182 Å². The van der Waals surface area contributed by atoms with E-state index in [4.69, 9.17) is 0 Å². The molecular formula is C50H30B. The van der Waals surface area contributed by atoms with Gasteiger partial charge in [-0.15, -0.1) is 0 Å². The van der Waals surface area contributed by atoms with Crippen molar-refractivity contribution >= 4 is 94.6 Å². The van der Waals surface area contributed by atoms with Crippen LogP contribution in [0.4, 0.5) is 0 Å². The first-order chi connectivity index (χ1) is 24.7. The standard InChI is InChI=1S/C50H30.B/c1-2-9-31(10-3-1)45-14-6-7-15-46(45)47-16-8-13-34-21-39-25-41-23-36-18-17-35-22-40-24-37-19-32-11-4-5-12-33(32)20-38(37)26-42(40)29-49(35)50(36)30-44(41)27-43(39)28-48(34)47;/h1-30H;. The SMILES string of the molecule is [B].c1ccc(-c2ccccc2-c2cccc3cc4cc5cc6ccc7cc8cc9cc%10ccccc%10cc9cc8cc7c6cc5cc4cc23)cc1. The summed E-state index contributed by atoms with van der Waals surface area (Å²) in [5.41, 5.74) is 5.02. The predicted octanol–water partition coefficient (Wildman–Crippen LogP) is 13.9. The minimum Gasteiger partial charge on any atom is -0.0622 e. The summed E-state index contributed by atoms with van der Waals surface area (Å²) in [4.78, 5) is 0. The van der Waals surface area contributed by atoms with Crippen LogP contribution in [0.5, 0.6) is 0 Å². The van der Waals surface area contributed by atoms with Crippen LogP contribution in [0.15, 0.2) is 182 Å². The van der Waals surface area contributed by atoms with E-state index in [0.29, 0.717) is 0 Å². The molecule has 0 nitrogen and oxygen atoms in total. The van der Waals surface area contributed by atoms with E-state index >= 15 is 0 Å². The molecule has 0 heterocycles. The number of benzene rings is 11. The molecule has 11 aromatic rings. The van der Waals surface area contributed by atoms with Crippen molar-refractivity contribution in [3.8, 4) is 22.3 Å². The van der Waals surface area contributed by atoms with Crippen LogP contribution in [-0.2, 0) is 0 Å². The Bertz CT molecular complexity index is 3190. The lowest BCUT2D eigenvalue weighted by atomic mass is 9.90. The molecule has 0 aromatic heterocycles. The molecule has 11 aromatic carbocycles. The van der Waals surface area contributed by atoms with E-state index < -0.39 is 0 Å². The van der Waals surface area contributed by atoms with Gasteiger partial charge in [0.2, 0.25) is 0 Å². The molecule has 0 unspecified atom stereocenters. The summed E-state index contributed by atoms with van der Waals surface area (Å²) >= 11 is 0. The molecule has 0 fully saturated rings. The highest BCUT2D eigenvalue weighted by Crippen LogP contribution is 2.40. The zero-order chi connectivity index (χ0) is 32.8. The minimum atomic E-state index is 0. The van der Waals surface area contributed by atoms with Crippen LogP contribution in [0.25, 0.3) is 108 Å². The van der Waals surface area contributed by atoms with Gasteiger partial charge in [-0.3, -0.25) is 0 Å². The second-order valence-corrected chi connectivity index (χ2v) is 13.8. The van der Waals surface area contributed by atoms with Crippen LogP contribution in [0.1, 0.15) is 0 Å². The van der Waals surface area contributed by atoms with Gasteiger partial charge in [-0.2, -0.15) is 0 Å². The topological polar surface area (TPSA) is 0 Å². The Morgan fingerprint density at radius 3 is 1.10 bits per heavy atom. The van der Waals surface area contributed by atoms with Gasteiger partial charge in [-0.1, -0.05) is 109 Å². The largest absolute Gasteiger partial charge is 0.0622 e. The molecule has 0 amide bonds. The van der Waals surface area contributed by atoms with Crippen molar-refractivity contribution in [2.75, 3.05) is 0 Å². The van der Waals surface area contributed by atoms with Crippen molar-refractivity contribution < 1.29 is 0 Å². The van der Waals surface area contributed by atoms with Gasteiger partial charge in [-0.25, -0.2) is 0 Å². The highest BCUT2D eigenvalue weighted by molar-refractivity contribution is 6.18. The molecule has 11 rings (SSSR count). The lowest BCUT2D eigenvalue weighted by Gasteiger charge is -2.14. The molecule has 0 aliphatic heterocycles. The Kier molecular flexibility index (Phi) is 6.53. The third-order valence-electron chi connectivity index (χ3n) is 10.8. The number of hydrogen-bond donors (Lipinski definition) is 0. The summed E-state index contributed by atoms with van der Waals surface area (Å²) in [5.74, 6) is 0. The first-order valence-electron chi connectivity index (χ1n) is 17.4. The number of hydrogen-bond acceptors (Lipinski definition) is 0. The lowest BCUT2D eigenvalue weighted by molar-refractivity contribution is 1.60. The van der Waals surface area contributed by atoms with Crippen LogP contribution < -0.4 is 0 Å². The quantitative estimate of drug-likeness (QED) is 0.100. The second kappa shape index (κ2) is 11.3. The van der Waals surface area contributed by atoms with Crippen LogP contribution in [0.2, 0.25) is 0 Å². The number of fused-ring (bicyclic) bond motifs is 9. The van der Waals surface area contributed by atoms with Crippen molar-refractivity contribution in [1.29, 1.82) is 0 Å². The molecule has 0 aliphatic rings. The Morgan fingerprint density at radius 2 is 0.549 bits per heavy atom. The third kappa shape index (κ3) is 4.70. The summed E-state index contributed by atoms with van der Waals surface area (Å²) in [5, 5.41) is 20.5. The fraction of sp³-hybridized carbons (Fsp3) is 0. The summed E-state index contributed by atoms with van der Waals surface area (Å²) in [6, 6.07) is 67.9. The van der Waals surface area contributed by atoms with Gasteiger partial charge in [0.25, 0.3) is 0 Å². The summed E-state index contributed by atoms with van der Waals surface area (Å²) in [6.07, 6.45) is 0. The van der Waals surface area contributed by atoms with Crippen LogP contribution in [0, 0.1) is 0 Å². The molecule has 0 N–H and O–H groups in total. The van der Waals surface area contributed by atoms with Gasteiger partial charge < -0.3 is 0 Å². The Balaban J connectivity index is 0.00000327. The van der Waals surface area contributed by atoms with Crippen LogP contribution in [0.3, 0.4) is 0 Å². The smallest absolute Gasteiger partial charge is 0 e. The zero-order valence-electron chi connectivity index (χ0n) is 27.9. The highest BCUT2D eigenvalue weighted by atomic mass is 14.2. The van der Waals surface area contributed by atoms with Crippen molar-refractivity contribution in [3.63, 3.8) is 0 Å². The van der Waals surface area contributed by atoms with Gasteiger partial charge in [0.1, 0.15) is 0 Å². The number of rotatable bonds is 2. The van der Waals surface area contributed by atoms with E-state index in [1.54, 1.807) is 0 Å². The Morgan fingerprint density at radius 1 is 0.196 bits per heavy atom. The molecular weight excluding hydrogens is 611 g/mol. The van der Waals surface area contributed by atoms with Crippen molar-refractivity contribution in [2.24, 2.45) is 0 Å². The fourth-order valence-corrected chi connectivity index (χ4v) is 8.35. The first kappa shape index (κ1) is 29.5. The van der Waals surface area contributed by atoms with Gasteiger partial charge in [0.05, 0.1) is 0 Å². The molecule has 0 aliphatic carbocycles. The fourth-order valence-electron chi connectivity index (χ4n) is 8.35. The maximum absolute atomic E-state index is 2.41. The average Bonchev–Trinajstić information content (AvgIpc) is 3.16. The van der Waals surface area contributed by atoms with Gasteiger partial charge in [0.15, 0.2) is 0 Å². The highest BCUT2D eigenvalue weighted by Gasteiger charge is 2.13. The van der Waals surface area contributed by atoms with E-state index in [9.17, 15) is 0 Å². The molecule has 0 spiro atoms. The first-order valence-corrected chi connectivity index (χ1v) is 17.4. The monoisotopic (exact) mass is 641 g/mol. The van der Waals surface area contributed by atoms with Crippen molar-refractivity contribution in [3.05, 3.63) is 182 Å². The van der Waals surface area contributed by atoms with Gasteiger partial charge >= 0.3 is 0 Å². The Hall–Kier alpha value is -6.44. The van der Waals surface area contributed by atoms with Gasteiger partial charge in [-0.05, 0) is 181 Å². The summed E-state index contributed by atoms with van der Waals surface area (Å²) < 4.78 is 0. The second-order valence-electron chi connectivity index (χ2n) is 13.8. The Labute approximate surface area is 297 Å². The van der Waals surface area contributed by atoms with Crippen LogP contribution in [-0.4, -0.2) is 8.41 Å². The molecule has 3 radical (unpaired) electrons. The van der Waals surface area contributed by atoms with Gasteiger partial charge in [0, 0.05) is 8.41 Å². The molecule has 0 saturated carbocycles. The average molecular weight is 642 g/mol. The summed E-state index contributed by atoms with van der Waals surface area (Å²) in [7, 11) is 0. The maximum atomic E-state index is 2.41. The van der Waals surface area contributed by atoms with E-state index in [0.717, 1.165) is 0 Å². The normalized spacial score (nSPS) is 11.8. The molecule has 0 bridgehead atoms. The van der Waals surface area contributed by atoms with E-state index in [-0.39, 0.29) is 8.41 Å². The lowest BCUT2D eigenvalue weighted by Crippen LogP contribution is -1.87. The molecule has 1 heteroatoms. The van der Waals surface area contributed by atoms with E-state index in [1.807, 2.05) is 0 Å². The maximum Gasteiger partial charge on any atom is 0 e. The summed E-state index contributed by atoms with van der Waals surface area (Å²) in [6.45, 7) is 0. The van der Waals surface area contributed by atoms with Crippen molar-refractivity contribution in [2.45, 2.75) is 0 Å². The predicted molar refractivity (Wildman–Crippen MR) is 223 cm³/mol. The molecule has 51 heavy (non-hydrogen) atoms. The third-order valence-corrected chi connectivity index (χ3v) is 10.8. The molecule has 0 atom stereocenters.